The zero-order valence-electron chi connectivity index (χ0n) is 13.4. The highest BCUT2D eigenvalue weighted by Gasteiger charge is 2.41. The molecule has 1 aromatic rings. The predicted molar refractivity (Wildman–Crippen MR) is 87.4 cm³/mol. The average Bonchev–Trinajstić information content (AvgIpc) is 2.87. The van der Waals surface area contributed by atoms with Gasteiger partial charge >= 0.3 is 0 Å². The standard InChI is InChI=1S/C16H23N3O3S/c1-2-8-23(21,22)19-11-13-5-6-15(19)12-18(10-13)16(20)14-4-3-7-17-9-14/h3-4,7,9,13,15H,2,5-6,8,10-12H2,1H3/t13-,15+/m0/s1. The first kappa shape index (κ1) is 16.4. The molecule has 3 saturated heterocycles. The molecule has 23 heavy (non-hydrogen) atoms. The van der Waals surface area contributed by atoms with E-state index in [1.807, 2.05) is 6.92 Å². The van der Waals surface area contributed by atoms with Gasteiger partial charge in [-0.1, -0.05) is 6.92 Å². The van der Waals surface area contributed by atoms with Gasteiger partial charge in [0.25, 0.3) is 5.91 Å². The number of amides is 1. The zero-order chi connectivity index (χ0) is 16.4. The quantitative estimate of drug-likeness (QED) is 0.832. The van der Waals surface area contributed by atoms with Crippen molar-refractivity contribution in [3.05, 3.63) is 30.1 Å². The molecule has 3 fully saturated rings. The topological polar surface area (TPSA) is 70.6 Å². The van der Waals surface area contributed by atoms with Crippen molar-refractivity contribution in [3.63, 3.8) is 0 Å². The summed E-state index contributed by atoms with van der Waals surface area (Å²) in [6.45, 7) is 3.53. The summed E-state index contributed by atoms with van der Waals surface area (Å²) in [5.41, 5.74) is 0.566. The van der Waals surface area contributed by atoms with E-state index in [1.165, 1.54) is 0 Å². The van der Waals surface area contributed by atoms with Gasteiger partial charge in [-0.25, -0.2) is 8.42 Å². The molecular weight excluding hydrogens is 314 g/mol. The molecule has 7 heteroatoms. The van der Waals surface area contributed by atoms with Crippen LogP contribution in [-0.4, -0.2) is 59.9 Å². The van der Waals surface area contributed by atoms with Gasteiger partial charge in [-0.05, 0) is 37.3 Å². The molecule has 3 aliphatic rings. The minimum Gasteiger partial charge on any atom is -0.337 e. The number of rotatable bonds is 4. The smallest absolute Gasteiger partial charge is 0.255 e. The highest BCUT2D eigenvalue weighted by atomic mass is 32.2. The Bertz CT molecular complexity index is 662. The Kier molecular flexibility index (Phi) is 4.68. The van der Waals surface area contributed by atoms with Crippen molar-refractivity contribution in [1.82, 2.24) is 14.2 Å². The predicted octanol–water partition coefficient (Wildman–Crippen LogP) is 1.36. The summed E-state index contributed by atoms with van der Waals surface area (Å²) in [5, 5.41) is 0. The summed E-state index contributed by atoms with van der Waals surface area (Å²) in [6.07, 6.45) is 5.65. The molecule has 1 amide bonds. The van der Waals surface area contributed by atoms with Crippen molar-refractivity contribution in [2.75, 3.05) is 25.4 Å². The lowest BCUT2D eigenvalue weighted by Gasteiger charge is -2.34. The number of aromatic nitrogens is 1. The Morgan fingerprint density at radius 1 is 1.30 bits per heavy atom. The van der Waals surface area contributed by atoms with Gasteiger partial charge in [0.2, 0.25) is 10.0 Å². The van der Waals surface area contributed by atoms with Crippen LogP contribution in [0.4, 0.5) is 0 Å². The number of carbonyl (C=O) groups is 1. The molecule has 4 rings (SSSR count). The molecule has 0 saturated carbocycles. The van der Waals surface area contributed by atoms with Crippen LogP contribution in [0.2, 0.25) is 0 Å². The first-order valence-corrected chi connectivity index (χ1v) is 9.81. The molecule has 0 aromatic carbocycles. The molecule has 0 N–H and O–H groups in total. The van der Waals surface area contributed by atoms with E-state index in [9.17, 15) is 13.2 Å². The average molecular weight is 337 g/mol. The van der Waals surface area contributed by atoms with Crippen molar-refractivity contribution in [3.8, 4) is 0 Å². The molecule has 0 aliphatic carbocycles. The lowest BCUT2D eigenvalue weighted by Crippen LogP contribution is -2.48. The fourth-order valence-corrected chi connectivity index (χ4v) is 5.41. The number of hydrogen-bond acceptors (Lipinski definition) is 4. The van der Waals surface area contributed by atoms with Crippen LogP contribution < -0.4 is 0 Å². The van der Waals surface area contributed by atoms with Crippen LogP contribution in [0.25, 0.3) is 0 Å². The minimum atomic E-state index is -3.22. The van der Waals surface area contributed by atoms with Gasteiger partial charge in [0.1, 0.15) is 0 Å². The van der Waals surface area contributed by atoms with E-state index in [0.717, 1.165) is 12.8 Å². The summed E-state index contributed by atoms with van der Waals surface area (Å²) in [7, 11) is -3.22. The van der Waals surface area contributed by atoms with Crippen LogP contribution in [0.1, 0.15) is 36.5 Å². The molecular formula is C16H23N3O3S. The molecule has 0 unspecified atom stereocenters. The summed E-state index contributed by atoms with van der Waals surface area (Å²) in [6, 6.07) is 3.41. The van der Waals surface area contributed by atoms with Crippen LogP contribution >= 0.6 is 0 Å². The molecule has 4 heterocycles. The van der Waals surface area contributed by atoms with Crippen molar-refractivity contribution in [2.24, 2.45) is 5.92 Å². The van der Waals surface area contributed by atoms with E-state index in [-0.39, 0.29) is 23.6 Å². The molecule has 3 aliphatic heterocycles. The first-order chi connectivity index (χ1) is 11.0. The van der Waals surface area contributed by atoms with E-state index in [4.69, 9.17) is 0 Å². The maximum Gasteiger partial charge on any atom is 0.255 e. The number of piperidine rings is 1. The summed E-state index contributed by atoms with van der Waals surface area (Å²) >= 11 is 0. The normalized spacial score (nSPS) is 25.3. The Labute approximate surface area is 137 Å². The molecule has 2 bridgehead atoms. The second kappa shape index (κ2) is 6.57. The van der Waals surface area contributed by atoms with Crippen molar-refractivity contribution >= 4 is 15.9 Å². The SMILES string of the molecule is CCCS(=O)(=O)N1C[C@H]2CC[C@@H]1CN(C(=O)c1cccnc1)C2. The van der Waals surface area contributed by atoms with Crippen LogP contribution in [0.15, 0.2) is 24.5 Å². The Balaban J connectivity index is 1.80. The Morgan fingerprint density at radius 3 is 2.83 bits per heavy atom. The summed E-state index contributed by atoms with van der Waals surface area (Å²) in [4.78, 5) is 18.5. The van der Waals surface area contributed by atoms with Crippen LogP contribution in [0, 0.1) is 5.92 Å². The Morgan fingerprint density at radius 2 is 2.13 bits per heavy atom. The van der Waals surface area contributed by atoms with E-state index in [0.29, 0.717) is 31.6 Å². The summed E-state index contributed by atoms with van der Waals surface area (Å²) in [5.74, 6) is 0.359. The first-order valence-electron chi connectivity index (χ1n) is 8.20. The summed E-state index contributed by atoms with van der Waals surface area (Å²) < 4.78 is 26.6. The molecule has 1 aromatic heterocycles. The van der Waals surface area contributed by atoms with Crippen LogP contribution in [-0.2, 0) is 10.0 Å². The van der Waals surface area contributed by atoms with Gasteiger partial charge in [-0.2, -0.15) is 4.31 Å². The van der Waals surface area contributed by atoms with Crippen molar-refractivity contribution < 1.29 is 13.2 Å². The lowest BCUT2D eigenvalue weighted by atomic mass is 9.97. The second-order valence-electron chi connectivity index (χ2n) is 6.43. The third kappa shape index (κ3) is 3.40. The maximum absolute atomic E-state index is 12.7. The molecule has 6 nitrogen and oxygen atoms in total. The fraction of sp³-hybridized carbons (Fsp3) is 0.625. The molecule has 126 valence electrons. The number of pyridine rings is 1. The number of hydrogen-bond donors (Lipinski definition) is 0. The highest BCUT2D eigenvalue weighted by Crippen LogP contribution is 2.31. The van der Waals surface area contributed by atoms with Gasteiger partial charge < -0.3 is 4.90 Å². The van der Waals surface area contributed by atoms with E-state index < -0.39 is 10.0 Å². The van der Waals surface area contributed by atoms with Gasteiger partial charge in [0.05, 0.1) is 11.3 Å². The lowest BCUT2D eigenvalue weighted by molar-refractivity contribution is 0.0745. The number of fused-ring (bicyclic) bond motifs is 4. The second-order valence-corrected chi connectivity index (χ2v) is 8.48. The fourth-order valence-electron chi connectivity index (χ4n) is 3.59. The highest BCUT2D eigenvalue weighted by molar-refractivity contribution is 7.89. The van der Waals surface area contributed by atoms with Crippen molar-refractivity contribution in [1.29, 1.82) is 0 Å². The van der Waals surface area contributed by atoms with Gasteiger partial charge in [-0.3, -0.25) is 9.78 Å². The maximum atomic E-state index is 12.7. The van der Waals surface area contributed by atoms with Crippen LogP contribution in [0.3, 0.4) is 0 Å². The molecule has 0 spiro atoms. The zero-order valence-corrected chi connectivity index (χ0v) is 14.2. The van der Waals surface area contributed by atoms with E-state index in [1.54, 1.807) is 33.7 Å². The monoisotopic (exact) mass is 337 g/mol. The van der Waals surface area contributed by atoms with E-state index in [2.05, 4.69) is 4.98 Å². The third-order valence-electron chi connectivity index (χ3n) is 4.68. The third-order valence-corrected chi connectivity index (χ3v) is 6.76. The van der Waals surface area contributed by atoms with Gasteiger partial charge in [0, 0.05) is 38.1 Å². The number of nitrogens with zero attached hydrogens (tertiary/aromatic N) is 3. The van der Waals surface area contributed by atoms with Gasteiger partial charge in [-0.15, -0.1) is 0 Å². The molecule has 0 radical (unpaired) electrons. The van der Waals surface area contributed by atoms with Crippen LogP contribution in [0.5, 0.6) is 0 Å². The molecule has 2 atom stereocenters. The largest absolute Gasteiger partial charge is 0.337 e. The Hall–Kier alpha value is -1.47. The van der Waals surface area contributed by atoms with Gasteiger partial charge in [0.15, 0.2) is 0 Å². The number of sulfonamides is 1. The van der Waals surface area contributed by atoms with E-state index >= 15 is 0 Å². The minimum absolute atomic E-state index is 0.0512. The number of carbonyl (C=O) groups excluding carboxylic acids is 1. The van der Waals surface area contributed by atoms with Crippen molar-refractivity contribution in [2.45, 2.75) is 32.2 Å².